The molecule has 2 aromatic heterocycles. The maximum Gasteiger partial charge on any atom is 0.246 e. The van der Waals surface area contributed by atoms with Gasteiger partial charge in [-0.2, -0.15) is 11.3 Å². The van der Waals surface area contributed by atoms with Crippen molar-refractivity contribution in [2.75, 3.05) is 31.1 Å². The van der Waals surface area contributed by atoms with Gasteiger partial charge in [-0.1, -0.05) is 6.07 Å². The number of piperazine rings is 1. The average molecular weight is 299 g/mol. The van der Waals surface area contributed by atoms with Crippen LogP contribution in [0.2, 0.25) is 0 Å². The predicted molar refractivity (Wildman–Crippen MR) is 86.4 cm³/mol. The van der Waals surface area contributed by atoms with Gasteiger partial charge >= 0.3 is 0 Å². The lowest BCUT2D eigenvalue weighted by atomic mass is 10.2. The van der Waals surface area contributed by atoms with E-state index in [4.69, 9.17) is 0 Å². The third-order valence-electron chi connectivity index (χ3n) is 3.53. The SMILES string of the molecule is O=C(C=Cc1ccsc1)N1CCN(c2ccccn2)CC1. The Kier molecular flexibility index (Phi) is 4.31. The first-order chi connectivity index (χ1) is 10.3. The van der Waals surface area contributed by atoms with Gasteiger partial charge < -0.3 is 9.80 Å². The maximum absolute atomic E-state index is 12.1. The van der Waals surface area contributed by atoms with Crippen LogP contribution in [-0.2, 0) is 4.79 Å². The van der Waals surface area contributed by atoms with Gasteiger partial charge in [0.05, 0.1) is 0 Å². The minimum Gasteiger partial charge on any atom is -0.353 e. The standard InChI is InChI=1S/C16H17N3OS/c20-16(5-4-14-6-12-21-13-14)19-10-8-18(9-11-19)15-3-1-2-7-17-15/h1-7,12-13H,8-11H2. The molecule has 0 N–H and O–H groups in total. The summed E-state index contributed by atoms with van der Waals surface area (Å²) in [4.78, 5) is 20.6. The van der Waals surface area contributed by atoms with E-state index in [1.807, 2.05) is 46.0 Å². The predicted octanol–water partition coefficient (Wildman–Crippen LogP) is 2.51. The first-order valence-corrected chi connectivity index (χ1v) is 7.92. The largest absolute Gasteiger partial charge is 0.353 e. The summed E-state index contributed by atoms with van der Waals surface area (Å²) in [7, 11) is 0. The molecule has 0 atom stereocenters. The van der Waals surface area contributed by atoms with Gasteiger partial charge in [-0.3, -0.25) is 4.79 Å². The Balaban J connectivity index is 1.55. The molecule has 1 fully saturated rings. The third kappa shape index (κ3) is 3.49. The van der Waals surface area contributed by atoms with Crippen molar-refractivity contribution in [2.45, 2.75) is 0 Å². The highest BCUT2D eigenvalue weighted by Gasteiger charge is 2.20. The van der Waals surface area contributed by atoms with Crippen molar-refractivity contribution in [3.05, 3.63) is 52.9 Å². The van der Waals surface area contributed by atoms with Gasteiger partial charge in [0.1, 0.15) is 5.82 Å². The van der Waals surface area contributed by atoms with E-state index < -0.39 is 0 Å². The molecule has 0 aromatic carbocycles. The lowest BCUT2D eigenvalue weighted by molar-refractivity contribution is -0.126. The lowest BCUT2D eigenvalue weighted by Crippen LogP contribution is -2.48. The number of thiophene rings is 1. The molecule has 0 spiro atoms. The molecule has 2 aromatic rings. The van der Waals surface area contributed by atoms with Gasteiger partial charge in [-0.15, -0.1) is 0 Å². The van der Waals surface area contributed by atoms with E-state index in [0.29, 0.717) is 0 Å². The minimum absolute atomic E-state index is 0.0851. The van der Waals surface area contributed by atoms with Gasteiger partial charge in [0.15, 0.2) is 0 Å². The summed E-state index contributed by atoms with van der Waals surface area (Å²) in [5.41, 5.74) is 1.08. The average Bonchev–Trinajstić information content (AvgIpc) is 3.07. The molecule has 4 nitrogen and oxygen atoms in total. The van der Waals surface area contributed by atoms with Crippen molar-refractivity contribution in [2.24, 2.45) is 0 Å². The van der Waals surface area contributed by atoms with Crippen LogP contribution in [0, 0.1) is 0 Å². The monoisotopic (exact) mass is 299 g/mol. The molecule has 1 saturated heterocycles. The second-order valence-electron chi connectivity index (χ2n) is 4.89. The van der Waals surface area contributed by atoms with Crippen molar-refractivity contribution in [3.8, 4) is 0 Å². The van der Waals surface area contributed by atoms with Crippen LogP contribution in [0.3, 0.4) is 0 Å². The molecule has 0 unspecified atom stereocenters. The number of amides is 1. The van der Waals surface area contributed by atoms with Crippen LogP contribution in [0.15, 0.2) is 47.3 Å². The van der Waals surface area contributed by atoms with E-state index in [-0.39, 0.29) is 5.91 Å². The van der Waals surface area contributed by atoms with E-state index in [9.17, 15) is 4.79 Å². The summed E-state index contributed by atoms with van der Waals surface area (Å²) in [5.74, 6) is 1.07. The Morgan fingerprint density at radius 3 is 2.71 bits per heavy atom. The Labute approximate surface area is 128 Å². The summed E-state index contributed by atoms with van der Waals surface area (Å²) >= 11 is 1.63. The molecule has 0 saturated carbocycles. The molecule has 21 heavy (non-hydrogen) atoms. The van der Waals surface area contributed by atoms with Crippen molar-refractivity contribution in [1.29, 1.82) is 0 Å². The Morgan fingerprint density at radius 1 is 1.19 bits per heavy atom. The van der Waals surface area contributed by atoms with Crippen LogP contribution in [0.25, 0.3) is 6.08 Å². The number of anilines is 1. The summed E-state index contributed by atoms with van der Waals surface area (Å²) in [5, 5.41) is 4.04. The maximum atomic E-state index is 12.1. The van der Waals surface area contributed by atoms with Crippen LogP contribution < -0.4 is 4.90 Å². The number of pyridine rings is 1. The molecule has 3 heterocycles. The van der Waals surface area contributed by atoms with Crippen molar-refractivity contribution in [3.63, 3.8) is 0 Å². The molecule has 3 rings (SSSR count). The van der Waals surface area contributed by atoms with E-state index in [2.05, 4.69) is 9.88 Å². The number of hydrogen-bond donors (Lipinski definition) is 0. The normalized spacial score (nSPS) is 15.6. The van der Waals surface area contributed by atoms with Crippen LogP contribution in [-0.4, -0.2) is 42.0 Å². The van der Waals surface area contributed by atoms with E-state index in [0.717, 1.165) is 37.6 Å². The summed E-state index contributed by atoms with van der Waals surface area (Å²) < 4.78 is 0. The first kappa shape index (κ1) is 13.8. The zero-order chi connectivity index (χ0) is 14.5. The van der Waals surface area contributed by atoms with Gasteiger partial charge in [-0.05, 0) is 40.6 Å². The molecular formula is C16H17N3OS. The number of hydrogen-bond acceptors (Lipinski definition) is 4. The number of aromatic nitrogens is 1. The number of nitrogens with zero attached hydrogens (tertiary/aromatic N) is 3. The molecule has 108 valence electrons. The van der Waals surface area contributed by atoms with Gasteiger partial charge in [0.2, 0.25) is 5.91 Å². The highest BCUT2D eigenvalue weighted by atomic mass is 32.1. The quantitative estimate of drug-likeness (QED) is 0.817. The fourth-order valence-electron chi connectivity index (χ4n) is 2.34. The topological polar surface area (TPSA) is 36.4 Å². The minimum atomic E-state index is 0.0851. The zero-order valence-electron chi connectivity index (χ0n) is 11.7. The summed E-state index contributed by atoms with van der Waals surface area (Å²) in [6.07, 6.45) is 5.35. The fraction of sp³-hybridized carbons (Fsp3) is 0.250. The molecule has 1 aliphatic heterocycles. The lowest BCUT2D eigenvalue weighted by Gasteiger charge is -2.34. The van der Waals surface area contributed by atoms with E-state index in [1.54, 1.807) is 23.6 Å². The molecule has 0 radical (unpaired) electrons. The fourth-order valence-corrected chi connectivity index (χ4v) is 2.97. The molecule has 1 aliphatic rings. The first-order valence-electron chi connectivity index (χ1n) is 6.98. The van der Waals surface area contributed by atoms with Gasteiger partial charge in [0.25, 0.3) is 0 Å². The van der Waals surface area contributed by atoms with Crippen molar-refractivity contribution >= 4 is 29.1 Å². The third-order valence-corrected chi connectivity index (χ3v) is 4.23. The zero-order valence-corrected chi connectivity index (χ0v) is 12.5. The van der Waals surface area contributed by atoms with Crippen LogP contribution >= 0.6 is 11.3 Å². The summed E-state index contributed by atoms with van der Waals surface area (Å²) in [6.45, 7) is 3.14. The van der Waals surface area contributed by atoms with E-state index >= 15 is 0 Å². The summed E-state index contributed by atoms with van der Waals surface area (Å²) in [6, 6.07) is 7.92. The van der Waals surface area contributed by atoms with Gasteiger partial charge in [0, 0.05) is 38.5 Å². The number of carbonyl (C=O) groups is 1. The van der Waals surface area contributed by atoms with Crippen LogP contribution in [0.4, 0.5) is 5.82 Å². The second-order valence-corrected chi connectivity index (χ2v) is 5.67. The number of rotatable bonds is 3. The molecular weight excluding hydrogens is 282 g/mol. The molecule has 5 heteroatoms. The Hall–Kier alpha value is -2.14. The highest BCUT2D eigenvalue weighted by Crippen LogP contribution is 2.13. The van der Waals surface area contributed by atoms with E-state index in [1.165, 1.54) is 0 Å². The van der Waals surface area contributed by atoms with Crippen molar-refractivity contribution < 1.29 is 4.79 Å². The Morgan fingerprint density at radius 2 is 2.05 bits per heavy atom. The second kappa shape index (κ2) is 6.54. The highest BCUT2D eigenvalue weighted by molar-refractivity contribution is 7.08. The number of carbonyl (C=O) groups excluding carboxylic acids is 1. The van der Waals surface area contributed by atoms with Crippen LogP contribution in [0.1, 0.15) is 5.56 Å². The molecule has 0 aliphatic carbocycles. The molecule has 1 amide bonds. The Bertz CT molecular complexity index is 602. The smallest absolute Gasteiger partial charge is 0.246 e. The van der Waals surface area contributed by atoms with Crippen LogP contribution in [0.5, 0.6) is 0 Å². The van der Waals surface area contributed by atoms with Crippen molar-refractivity contribution in [1.82, 2.24) is 9.88 Å². The van der Waals surface area contributed by atoms with Gasteiger partial charge in [-0.25, -0.2) is 4.98 Å². The molecule has 0 bridgehead atoms.